The first-order valence-electron chi connectivity index (χ1n) is 7.61. The van der Waals surface area contributed by atoms with Crippen molar-refractivity contribution in [2.45, 2.75) is 26.3 Å². The third-order valence-electron chi connectivity index (χ3n) is 3.65. The van der Waals surface area contributed by atoms with Crippen LogP contribution >= 0.6 is 24.0 Å². The Hall–Kier alpha value is -1.05. The number of nitrogens with one attached hydrogen (secondary N) is 1. The monoisotopic (exact) mass is 420 g/mol. The average molecular weight is 420 g/mol. The number of aliphatic imine (C=N–C) groups is 1. The van der Waals surface area contributed by atoms with Gasteiger partial charge in [-0.25, -0.2) is 9.38 Å². The molecule has 124 valence electrons. The molecular weight excluding hydrogens is 394 g/mol. The predicted molar refractivity (Wildman–Crippen MR) is 102 cm³/mol. The van der Waals surface area contributed by atoms with Gasteiger partial charge in [0.15, 0.2) is 5.96 Å². The Labute approximate surface area is 149 Å². The lowest BCUT2D eigenvalue weighted by Crippen LogP contribution is -2.39. The molecule has 0 radical (unpaired) electrons. The maximum absolute atomic E-state index is 14.0. The van der Waals surface area contributed by atoms with Crippen LogP contribution in [0, 0.1) is 5.82 Å². The summed E-state index contributed by atoms with van der Waals surface area (Å²) in [5, 5.41) is 3.31. The summed E-state index contributed by atoms with van der Waals surface area (Å²) in [6.45, 7) is 5.53. The molecule has 1 N–H and O–H groups in total. The number of rotatable bonds is 4. The van der Waals surface area contributed by atoms with Crippen LogP contribution in [0.1, 0.15) is 25.3 Å². The van der Waals surface area contributed by atoms with E-state index in [1.807, 2.05) is 26.2 Å². The molecule has 6 heteroatoms. The molecule has 0 saturated carbocycles. The second-order valence-corrected chi connectivity index (χ2v) is 5.54. The van der Waals surface area contributed by atoms with Crippen LogP contribution in [0.25, 0.3) is 0 Å². The van der Waals surface area contributed by atoms with Gasteiger partial charge in [0.25, 0.3) is 0 Å². The largest absolute Gasteiger partial charge is 0.375 e. The molecule has 0 amide bonds. The van der Waals surface area contributed by atoms with Gasteiger partial charge in [0.2, 0.25) is 0 Å². The van der Waals surface area contributed by atoms with Gasteiger partial charge < -0.3 is 15.1 Å². The molecule has 0 aromatic heterocycles. The van der Waals surface area contributed by atoms with E-state index in [2.05, 4.69) is 22.1 Å². The standard InChI is InChI=1S/C16H25FN4.HI/c1-4-18-16(21-9-5-6-10-21)19-12-13-7-8-15(20(2)3)14(17)11-13;/h7-8,11H,4-6,9-10,12H2,1-3H3,(H,18,19);1H. The molecule has 2 rings (SSSR count). The molecule has 1 heterocycles. The van der Waals surface area contributed by atoms with E-state index in [1.165, 1.54) is 12.8 Å². The third-order valence-corrected chi connectivity index (χ3v) is 3.65. The smallest absolute Gasteiger partial charge is 0.194 e. The van der Waals surface area contributed by atoms with Crippen LogP contribution in [0.4, 0.5) is 10.1 Å². The zero-order valence-electron chi connectivity index (χ0n) is 13.6. The van der Waals surface area contributed by atoms with Gasteiger partial charge in [0.1, 0.15) is 5.82 Å². The molecule has 1 fully saturated rings. The quantitative estimate of drug-likeness (QED) is 0.462. The molecule has 0 atom stereocenters. The summed E-state index contributed by atoms with van der Waals surface area (Å²) in [7, 11) is 3.68. The van der Waals surface area contributed by atoms with Crippen molar-refractivity contribution in [2.75, 3.05) is 38.6 Å². The zero-order chi connectivity index (χ0) is 15.2. The lowest BCUT2D eigenvalue weighted by molar-refractivity contribution is 0.493. The second-order valence-electron chi connectivity index (χ2n) is 5.54. The minimum Gasteiger partial charge on any atom is -0.375 e. The zero-order valence-corrected chi connectivity index (χ0v) is 15.9. The number of anilines is 1. The Bertz CT molecular complexity index is 499. The van der Waals surface area contributed by atoms with Crippen LogP contribution in [0.3, 0.4) is 0 Å². The lowest BCUT2D eigenvalue weighted by Gasteiger charge is -2.20. The molecule has 1 aliphatic heterocycles. The minimum absolute atomic E-state index is 0. The van der Waals surface area contributed by atoms with Crippen molar-refractivity contribution in [3.63, 3.8) is 0 Å². The highest BCUT2D eigenvalue weighted by molar-refractivity contribution is 14.0. The van der Waals surface area contributed by atoms with Gasteiger partial charge in [-0.15, -0.1) is 24.0 Å². The average Bonchev–Trinajstić information content (AvgIpc) is 2.97. The number of likely N-dealkylation sites (tertiary alicyclic amines) is 1. The van der Waals surface area contributed by atoms with Crippen molar-refractivity contribution < 1.29 is 4.39 Å². The fourth-order valence-corrected chi connectivity index (χ4v) is 2.53. The van der Waals surface area contributed by atoms with Crippen molar-refractivity contribution >= 4 is 35.6 Å². The Morgan fingerprint density at radius 3 is 2.55 bits per heavy atom. The van der Waals surface area contributed by atoms with Crippen LogP contribution in [-0.2, 0) is 6.54 Å². The van der Waals surface area contributed by atoms with Crippen molar-refractivity contribution in [1.82, 2.24) is 10.2 Å². The van der Waals surface area contributed by atoms with Gasteiger partial charge in [0.05, 0.1) is 12.2 Å². The van der Waals surface area contributed by atoms with E-state index in [9.17, 15) is 4.39 Å². The number of guanidine groups is 1. The lowest BCUT2D eigenvalue weighted by atomic mass is 10.2. The predicted octanol–water partition coefficient (Wildman–Crippen LogP) is 3.07. The van der Waals surface area contributed by atoms with E-state index in [-0.39, 0.29) is 29.8 Å². The number of halogens is 2. The highest BCUT2D eigenvalue weighted by Gasteiger charge is 2.15. The summed E-state index contributed by atoms with van der Waals surface area (Å²) in [6, 6.07) is 5.32. The SMILES string of the molecule is CCNC(=NCc1ccc(N(C)C)c(F)c1)N1CCCC1.I. The van der Waals surface area contributed by atoms with Crippen LogP contribution in [0.5, 0.6) is 0 Å². The first kappa shape index (κ1) is 19.0. The van der Waals surface area contributed by atoms with E-state index >= 15 is 0 Å². The van der Waals surface area contributed by atoms with Crippen molar-refractivity contribution in [1.29, 1.82) is 0 Å². The Morgan fingerprint density at radius 1 is 1.32 bits per heavy atom. The molecule has 0 aliphatic carbocycles. The molecule has 1 aromatic rings. The summed E-state index contributed by atoms with van der Waals surface area (Å²) in [5.41, 5.74) is 1.50. The fourth-order valence-electron chi connectivity index (χ4n) is 2.53. The first-order valence-corrected chi connectivity index (χ1v) is 7.61. The maximum atomic E-state index is 14.0. The van der Waals surface area contributed by atoms with Crippen molar-refractivity contribution in [3.8, 4) is 0 Å². The van der Waals surface area contributed by atoms with Gasteiger partial charge in [-0.2, -0.15) is 0 Å². The van der Waals surface area contributed by atoms with Gasteiger partial charge in [-0.05, 0) is 37.5 Å². The Morgan fingerprint density at radius 2 is 2.00 bits per heavy atom. The van der Waals surface area contributed by atoms with E-state index in [4.69, 9.17) is 0 Å². The van der Waals surface area contributed by atoms with Crippen LogP contribution in [0.15, 0.2) is 23.2 Å². The summed E-state index contributed by atoms with van der Waals surface area (Å²) in [6.07, 6.45) is 2.44. The minimum atomic E-state index is -0.195. The Kier molecular flexibility index (Phi) is 7.92. The molecule has 1 aliphatic rings. The van der Waals surface area contributed by atoms with Crippen molar-refractivity contribution in [3.05, 3.63) is 29.6 Å². The van der Waals surface area contributed by atoms with Crippen LogP contribution in [0.2, 0.25) is 0 Å². The van der Waals surface area contributed by atoms with Gasteiger partial charge >= 0.3 is 0 Å². The highest BCUT2D eigenvalue weighted by atomic mass is 127. The van der Waals surface area contributed by atoms with Crippen molar-refractivity contribution in [2.24, 2.45) is 4.99 Å². The second kappa shape index (κ2) is 9.17. The molecule has 0 unspecified atom stereocenters. The summed E-state index contributed by atoms with van der Waals surface area (Å²) < 4.78 is 14.0. The molecule has 1 aromatic carbocycles. The van der Waals surface area contributed by atoms with Gasteiger partial charge in [-0.1, -0.05) is 6.07 Å². The molecule has 0 spiro atoms. The highest BCUT2D eigenvalue weighted by Crippen LogP contribution is 2.19. The van der Waals surface area contributed by atoms with E-state index in [1.54, 1.807) is 11.0 Å². The number of hydrogen-bond donors (Lipinski definition) is 1. The number of nitrogens with zero attached hydrogens (tertiary/aromatic N) is 3. The van der Waals surface area contributed by atoms with E-state index < -0.39 is 0 Å². The molecular formula is C16H26FIN4. The number of hydrogen-bond acceptors (Lipinski definition) is 2. The first-order chi connectivity index (χ1) is 10.1. The molecule has 4 nitrogen and oxygen atoms in total. The molecule has 1 saturated heterocycles. The van der Waals surface area contributed by atoms with E-state index in [0.29, 0.717) is 12.2 Å². The van der Waals surface area contributed by atoms with Crippen LogP contribution in [-0.4, -0.2) is 44.6 Å². The summed E-state index contributed by atoms with van der Waals surface area (Å²) in [5.74, 6) is 0.742. The van der Waals surface area contributed by atoms with Gasteiger partial charge in [0, 0.05) is 33.7 Å². The fraction of sp³-hybridized carbons (Fsp3) is 0.562. The molecule has 0 bridgehead atoms. The van der Waals surface area contributed by atoms with E-state index in [0.717, 1.165) is 31.2 Å². The van der Waals surface area contributed by atoms with Crippen LogP contribution < -0.4 is 10.2 Å². The summed E-state index contributed by atoms with van der Waals surface area (Å²) in [4.78, 5) is 8.68. The summed E-state index contributed by atoms with van der Waals surface area (Å²) >= 11 is 0. The normalized spacial score (nSPS) is 14.7. The Balaban J connectivity index is 0.00000242. The van der Waals surface area contributed by atoms with Gasteiger partial charge in [-0.3, -0.25) is 0 Å². The topological polar surface area (TPSA) is 30.9 Å². The maximum Gasteiger partial charge on any atom is 0.194 e. The molecule has 22 heavy (non-hydrogen) atoms. The number of benzene rings is 1. The third kappa shape index (κ3) is 5.00.